The van der Waals surface area contributed by atoms with E-state index in [1.807, 2.05) is 0 Å². The zero-order valence-electron chi connectivity index (χ0n) is 29.3. The monoisotopic (exact) mass is 796 g/mol. The summed E-state index contributed by atoms with van der Waals surface area (Å²) in [5.41, 5.74) is 6.11. The number of benzene rings is 8. The van der Waals surface area contributed by atoms with E-state index in [1.165, 1.54) is 22.3 Å². The summed E-state index contributed by atoms with van der Waals surface area (Å²) in [7, 11) is -2.42. The molecule has 0 aromatic heterocycles. The molecule has 54 heavy (non-hydrogen) atoms. The first-order chi connectivity index (χ1) is 26.7. The topological polar surface area (TPSA) is 18.5 Å². The fourth-order valence-electron chi connectivity index (χ4n) is 7.65. The van der Waals surface area contributed by atoms with Crippen molar-refractivity contribution in [2.45, 2.75) is 5.41 Å². The highest BCUT2D eigenvalue weighted by molar-refractivity contribution is 9.10. The first kappa shape index (κ1) is 34.5. The lowest BCUT2D eigenvalue weighted by molar-refractivity contribution is 0.577. The molecule has 260 valence electrons. The SMILES string of the molecule is Brc1ccc2c(c1)C(c1ccccc1OP(c1ccccc1)c1ccccc1)(c1ccccc1OP(c1ccccc1)c1ccccc1)c1ccccc1-2. The zero-order chi connectivity index (χ0) is 36.3. The predicted octanol–water partition coefficient (Wildman–Crippen LogP) is 11.7. The van der Waals surface area contributed by atoms with Crippen molar-refractivity contribution in [2.24, 2.45) is 0 Å². The van der Waals surface area contributed by atoms with E-state index in [1.54, 1.807) is 0 Å². The van der Waals surface area contributed by atoms with Crippen LogP contribution in [0.25, 0.3) is 11.1 Å². The van der Waals surface area contributed by atoms with E-state index in [-0.39, 0.29) is 0 Å². The fourth-order valence-corrected chi connectivity index (χ4v) is 11.5. The minimum Gasteiger partial charge on any atom is -0.464 e. The third-order valence-corrected chi connectivity index (χ3v) is 14.3. The summed E-state index contributed by atoms with van der Waals surface area (Å²) < 4.78 is 15.8. The summed E-state index contributed by atoms with van der Waals surface area (Å²) in [5.74, 6) is 1.67. The van der Waals surface area contributed by atoms with Gasteiger partial charge in [-0.2, -0.15) is 0 Å². The van der Waals surface area contributed by atoms with Gasteiger partial charge in [0, 0.05) is 36.8 Å². The largest absolute Gasteiger partial charge is 0.464 e. The summed E-state index contributed by atoms with van der Waals surface area (Å²) in [4.78, 5) is 0. The van der Waals surface area contributed by atoms with Gasteiger partial charge < -0.3 is 9.05 Å². The maximum absolute atomic E-state index is 7.41. The standard InChI is InChI=1S/C49H35BrO2P2/c50-36-33-34-42-41-27-13-14-28-43(41)49(46(42)35-36,44-29-15-17-31-47(44)51-53(37-19-5-1-6-20-37)38-21-7-2-8-22-38)45-30-16-18-32-48(45)52-54(39-23-9-3-10-24-39)40-25-11-4-12-26-40/h1-35H. The Morgan fingerprint density at radius 1 is 0.333 bits per heavy atom. The number of hydrogen-bond acceptors (Lipinski definition) is 2. The van der Waals surface area contributed by atoms with Gasteiger partial charge in [-0.3, -0.25) is 0 Å². The van der Waals surface area contributed by atoms with Crippen molar-refractivity contribution in [2.75, 3.05) is 0 Å². The molecule has 0 bridgehead atoms. The molecule has 0 aliphatic heterocycles. The fraction of sp³-hybridized carbons (Fsp3) is 0.0204. The van der Waals surface area contributed by atoms with Crippen LogP contribution in [-0.4, -0.2) is 0 Å². The van der Waals surface area contributed by atoms with Gasteiger partial charge in [0.1, 0.15) is 11.5 Å². The molecular formula is C49H35BrO2P2. The maximum atomic E-state index is 7.41. The molecule has 0 atom stereocenters. The Bertz CT molecular complexity index is 2320. The van der Waals surface area contributed by atoms with Gasteiger partial charge in [0.2, 0.25) is 0 Å². The number of halogens is 1. The minimum atomic E-state index is -1.21. The molecule has 0 unspecified atom stereocenters. The zero-order valence-corrected chi connectivity index (χ0v) is 32.7. The van der Waals surface area contributed by atoms with Gasteiger partial charge in [-0.1, -0.05) is 204 Å². The molecule has 5 heteroatoms. The highest BCUT2D eigenvalue weighted by Crippen LogP contribution is 2.61. The van der Waals surface area contributed by atoms with Crippen LogP contribution in [0.5, 0.6) is 11.5 Å². The molecule has 8 aromatic carbocycles. The lowest BCUT2D eigenvalue weighted by Crippen LogP contribution is -2.30. The van der Waals surface area contributed by atoms with Crippen LogP contribution in [0, 0.1) is 0 Å². The Morgan fingerprint density at radius 2 is 0.685 bits per heavy atom. The molecule has 0 radical (unpaired) electrons. The van der Waals surface area contributed by atoms with E-state index in [0.717, 1.165) is 48.3 Å². The molecule has 0 heterocycles. The van der Waals surface area contributed by atoms with Crippen molar-refractivity contribution in [1.82, 2.24) is 0 Å². The van der Waals surface area contributed by atoms with E-state index in [4.69, 9.17) is 9.05 Å². The third-order valence-electron chi connectivity index (χ3n) is 9.93. The van der Waals surface area contributed by atoms with E-state index in [0.29, 0.717) is 0 Å². The van der Waals surface area contributed by atoms with Crippen LogP contribution in [0.4, 0.5) is 0 Å². The Balaban J connectivity index is 1.31. The lowest BCUT2D eigenvalue weighted by Gasteiger charge is -2.37. The molecule has 9 rings (SSSR count). The average Bonchev–Trinajstić information content (AvgIpc) is 3.53. The van der Waals surface area contributed by atoms with Crippen LogP contribution in [0.3, 0.4) is 0 Å². The molecule has 2 nitrogen and oxygen atoms in total. The van der Waals surface area contributed by atoms with Gasteiger partial charge in [0.25, 0.3) is 0 Å². The van der Waals surface area contributed by atoms with Gasteiger partial charge in [-0.25, -0.2) is 0 Å². The van der Waals surface area contributed by atoms with Gasteiger partial charge in [0.15, 0.2) is 16.3 Å². The number of para-hydroxylation sites is 2. The van der Waals surface area contributed by atoms with Crippen molar-refractivity contribution >= 4 is 53.4 Å². The first-order valence-electron chi connectivity index (χ1n) is 18.0. The first-order valence-corrected chi connectivity index (χ1v) is 21.3. The number of rotatable bonds is 10. The highest BCUT2D eigenvalue weighted by atomic mass is 79.9. The second kappa shape index (κ2) is 15.2. The Labute approximate surface area is 327 Å². The van der Waals surface area contributed by atoms with Crippen molar-refractivity contribution in [3.05, 3.63) is 239 Å². The average molecular weight is 798 g/mol. The highest BCUT2D eigenvalue weighted by Gasteiger charge is 2.49. The molecule has 8 aromatic rings. The van der Waals surface area contributed by atoms with Crippen LogP contribution in [0.1, 0.15) is 22.3 Å². The molecule has 0 amide bonds. The van der Waals surface area contributed by atoms with Gasteiger partial charge in [-0.05, 0) is 46.5 Å². The quantitative estimate of drug-likeness (QED) is 0.128. The van der Waals surface area contributed by atoms with E-state index in [2.05, 4.69) is 228 Å². The molecule has 0 saturated carbocycles. The van der Waals surface area contributed by atoms with Gasteiger partial charge >= 0.3 is 0 Å². The van der Waals surface area contributed by atoms with Crippen LogP contribution >= 0.6 is 32.2 Å². The minimum absolute atomic E-state index is 0.786. The Morgan fingerprint density at radius 3 is 1.13 bits per heavy atom. The van der Waals surface area contributed by atoms with Crippen LogP contribution < -0.4 is 30.3 Å². The van der Waals surface area contributed by atoms with Crippen molar-refractivity contribution < 1.29 is 9.05 Å². The van der Waals surface area contributed by atoms with Crippen LogP contribution in [0.2, 0.25) is 0 Å². The lowest BCUT2D eigenvalue weighted by atomic mass is 9.67. The second-order valence-corrected chi connectivity index (χ2v) is 17.6. The maximum Gasteiger partial charge on any atom is 0.150 e. The molecular weight excluding hydrogens is 762 g/mol. The van der Waals surface area contributed by atoms with Gasteiger partial charge in [0.05, 0.1) is 5.41 Å². The third kappa shape index (κ3) is 6.27. The van der Waals surface area contributed by atoms with E-state index >= 15 is 0 Å². The normalized spacial score (nSPS) is 12.6. The van der Waals surface area contributed by atoms with Crippen LogP contribution in [-0.2, 0) is 5.41 Å². The molecule has 0 saturated heterocycles. The molecule has 0 fully saturated rings. The summed E-state index contributed by atoms with van der Waals surface area (Å²) in [6.07, 6.45) is 0. The summed E-state index contributed by atoms with van der Waals surface area (Å²) in [6, 6.07) is 75.1. The van der Waals surface area contributed by atoms with Crippen molar-refractivity contribution in [3.8, 4) is 22.6 Å². The molecule has 1 aliphatic rings. The predicted molar refractivity (Wildman–Crippen MR) is 231 cm³/mol. The summed E-state index contributed by atoms with van der Waals surface area (Å²) in [6.45, 7) is 0. The van der Waals surface area contributed by atoms with E-state index < -0.39 is 21.7 Å². The molecule has 1 aliphatic carbocycles. The Hall–Kier alpha value is -5.30. The smallest absolute Gasteiger partial charge is 0.150 e. The molecule has 0 N–H and O–H groups in total. The summed E-state index contributed by atoms with van der Waals surface area (Å²) >= 11 is 3.89. The van der Waals surface area contributed by atoms with Crippen molar-refractivity contribution in [3.63, 3.8) is 0 Å². The molecule has 0 spiro atoms. The summed E-state index contributed by atoms with van der Waals surface area (Å²) in [5, 5.41) is 4.60. The Kier molecular flexibility index (Phi) is 9.71. The second-order valence-electron chi connectivity index (χ2n) is 13.1. The number of hydrogen-bond donors (Lipinski definition) is 0. The van der Waals surface area contributed by atoms with Gasteiger partial charge in [-0.15, -0.1) is 0 Å². The van der Waals surface area contributed by atoms with E-state index in [9.17, 15) is 0 Å². The van der Waals surface area contributed by atoms with Crippen LogP contribution in [0.15, 0.2) is 217 Å². The number of fused-ring (bicyclic) bond motifs is 3. The van der Waals surface area contributed by atoms with Crippen molar-refractivity contribution in [1.29, 1.82) is 0 Å².